The zero-order valence-electron chi connectivity index (χ0n) is 15.9. The molecule has 1 aliphatic carbocycles. The molecule has 0 radical (unpaired) electrons. The minimum absolute atomic E-state index is 0.0100. The number of rotatable bonds is 5. The first-order valence-electron chi connectivity index (χ1n) is 9.50. The van der Waals surface area contributed by atoms with Crippen LogP contribution in [-0.2, 0) is 0 Å². The van der Waals surface area contributed by atoms with E-state index in [-0.39, 0.29) is 23.1 Å². The second kappa shape index (κ2) is 7.43. The molecule has 0 amide bonds. The lowest BCUT2D eigenvalue weighted by atomic mass is 9.90. The number of carboxylic acids is 1. The van der Waals surface area contributed by atoms with Crippen molar-refractivity contribution < 1.29 is 23.6 Å². The quantitative estimate of drug-likeness (QED) is 0.813. The summed E-state index contributed by atoms with van der Waals surface area (Å²) >= 11 is 0. The second-order valence-electron chi connectivity index (χ2n) is 7.61. The van der Waals surface area contributed by atoms with Crippen LogP contribution >= 0.6 is 0 Å². The highest BCUT2D eigenvalue weighted by atomic mass is 19.1. The molecule has 1 saturated carbocycles. The van der Waals surface area contributed by atoms with Crippen molar-refractivity contribution in [3.8, 4) is 17.1 Å². The van der Waals surface area contributed by atoms with Gasteiger partial charge in [0.2, 0.25) is 0 Å². The van der Waals surface area contributed by atoms with E-state index in [4.69, 9.17) is 9.26 Å². The number of carbonyl (C=O) groups is 1. The lowest BCUT2D eigenvalue weighted by Crippen LogP contribution is -2.33. The molecule has 2 aromatic rings. The Morgan fingerprint density at radius 3 is 2.89 bits per heavy atom. The van der Waals surface area contributed by atoms with Gasteiger partial charge in [0.25, 0.3) is 0 Å². The van der Waals surface area contributed by atoms with Crippen LogP contribution in [0.3, 0.4) is 0 Å². The van der Waals surface area contributed by atoms with Crippen molar-refractivity contribution in [2.75, 3.05) is 32.1 Å². The number of anilines is 1. The van der Waals surface area contributed by atoms with Gasteiger partial charge < -0.3 is 24.6 Å². The van der Waals surface area contributed by atoms with Crippen molar-refractivity contribution in [3.05, 3.63) is 29.6 Å². The van der Waals surface area contributed by atoms with Crippen LogP contribution in [0.4, 0.5) is 10.2 Å². The molecule has 28 heavy (non-hydrogen) atoms. The number of nitrogens with one attached hydrogen (secondary N) is 1. The van der Waals surface area contributed by atoms with E-state index in [2.05, 4.69) is 10.5 Å². The Balaban J connectivity index is 1.66. The molecular weight excluding hydrogens is 365 g/mol. The van der Waals surface area contributed by atoms with Crippen LogP contribution in [0.5, 0.6) is 5.75 Å². The van der Waals surface area contributed by atoms with Crippen molar-refractivity contribution in [1.29, 1.82) is 0 Å². The summed E-state index contributed by atoms with van der Waals surface area (Å²) in [5.41, 5.74) is 0.399. The lowest BCUT2D eigenvalue weighted by Gasteiger charge is -2.25. The average Bonchev–Trinajstić information content (AvgIpc) is 3.32. The molecule has 4 rings (SSSR count). The number of nitrogens with zero attached hydrogens (tertiary/aromatic N) is 2. The van der Waals surface area contributed by atoms with Crippen LogP contribution in [0, 0.1) is 17.7 Å². The lowest BCUT2D eigenvalue weighted by molar-refractivity contribution is 0.0697. The van der Waals surface area contributed by atoms with Crippen molar-refractivity contribution >= 4 is 11.8 Å². The molecular formula is C20H24FN3O4. The summed E-state index contributed by atoms with van der Waals surface area (Å²) < 4.78 is 24.1. The van der Waals surface area contributed by atoms with E-state index in [0.29, 0.717) is 23.2 Å². The van der Waals surface area contributed by atoms with Crippen molar-refractivity contribution in [3.63, 3.8) is 0 Å². The number of benzene rings is 1. The molecule has 2 N–H and O–H groups in total. The Labute approximate surface area is 162 Å². The van der Waals surface area contributed by atoms with E-state index in [9.17, 15) is 14.3 Å². The predicted octanol–water partition coefficient (Wildman–Crippen LogP) is 3.01. The van der Waals surface area contributed by atoms with Gasteiger partial charge in [-0.2, -0.15) is 0 Å². The summed E-state index contributed by atoms with van der Waals surface area (Å²) in [4.78, 5) is 14.0. The van der Waals surface area contributed by atoms with Crippen LogP contribution in [0.1, 0.15) is 29.6 Å². The maximum atomic E-state index is 13.7. The number of halogens is 1. The highest BCUT2D eigenvalue weighted by Crippen LogP contribution is 2.41. The third-order valence-corrected chi connectivity index (χ3v) is 6.10. The summed E-state index contributed by atoms with van der Waals surface area (Å²) in [7, 11) is 3.23. The number of aromatic nitrogens is 1. The molecule has 150 valence electrons. The number of piperidine rings is 1. The molecule has 1 aromatic heterocycles. The van der Waals surface area contributed by atoms with Crippen LogP contribution in [-0.4, -0.2) is 49.5 Å². The topological polar surface area (TPSA) is 87.8 Å². The zero-order valence-corrected chi connectivity index (χ0v) is 15.9. The molecule has 3 atom stereocenters. The molecule has 0 bridgehead atoms. The van der Waals surface area contributed by atoms with Gasteiger partial charge in [0.1, 0.15) is 0 Å². The van der Waals surface area contributed by atoms with Gasteiger partial charge in [-0.25, -0.2) is 9.18 Å². The summed E-state index contributed by atoms with van der Waals surface area (Å²) in [6.45, 7) is 2.05. The zero-order chi connectivity index (χ0) is 19.8. The Hall–Kier alpha value is -2.61. The van der Waals surface area contributed by atoms with Crippen LogP contribution < -0.4 is 15.0 Å². The Kier molecular flexibility index (Phi) is 4.97. The predicted molar refractivity (Wildman–Crippen MR) is 101 cm³/mol. The largest absolute Gasteiger partial charge is 0.494 e. The molecule has 1 aliphatic heterocycles. The number of fused-ring (bicyclic) bond motifs is 1. The molecule has 0 spiro atoms. The molecule has 1 saturated heterocycles. The minimum Gasteiger partial charge on any atom is -0.494 e. The summed E-state index contributed by atoms with van der Waals surface area (Å²) in [6, 6.07) is 4.32. The fraction of sp³-hybridized carbons (Fsp3) is 0.500. The first-order valence-corrected chi connectivity index (χ1v) is 9.50. The van der Waals surface area contributed by atoms with Gasteiger partial charge in [0.05, 0.1) is 7.11 Å². The van der Waals surface area contributed by atoms with E-state index in [1.165, 1.54) is 25.3 Å². The average molecular weight is 389 g/mol. The second-order valence-corrected chi connectivity index (χ2v) is 7.61. The first-order chi connectivity index (χ1) is 13.5. The Morgan fingerprint density at radius 2 is 2.18 bits per heavy atom. The van der Waals surface area contributed by atoms with Crippen molar-refractivity contribution in [2.24, 2.45) is 11.8 Å². The normalized spacial score (nSPS) is 24.0. The van der Waals surface area contributed by atoms with E-state index >= 15 is 0 Å². The minimum atomic E-state index is -1.13. The summed E-state index contributed by atoms with van der Waals surface area (Å²) in [6.07, 6.45) is 3.18. The molecule has 0 unspecified atom stereocenters. The summed E-state index contributed by atoms with van der Waals surface area (Å²) in [5.74, 6) is 0.0529. The van der Waals surface area contributed by atoms with Crippen LogP contribution in [0.15, 0.2) is 22.7 Å². The molecule has 2 heterocycles. The van der Waals surface area contributed by atoms with E-state index in [0.717, 1.165) is 32.4 Å². The molecule has 2 aliphatic rings. The monoisotopic (exact) mass is 389 g/mol. The SMILES string of the molecule is COc1cc(-c2onc(N(C)[C@H]3C[C@H]4CCNC[C@H]4C3)c2C(=O)O)ccc1F. The number of methoxy groups -OCH3 is 1. The van der Waals surface area contributed by atoms with Gasteiger partial charge in [0, 0.05) is 18.7 Å². The number of aromatic carboxylic acids is 1. The first kappa shape index (κ1) is 18.7. The molecule has 2 fully saturated rings. The third kappa shape index (κ3) is 3.22. The Bertz CT molecular complexity index is 870. The van der Waals surface area contributed by atoms with E-state index in [1.54, 1.807) is 0 Å². The maximum absolute atomic E-state index is 13.7. The fourth-order valence-corrected chi connectivity index (χ4v) is 4.56. The van der Waals surface area contributed by atoms with Gasteiger partial charge in [-0.3, -0.25) is 0 Å². The number of carboxylic acid groups (broad SMARTS) is 1. The van der Waals surface area contributed by atoms with Crippen LogP contribution in [0.2, 0.25) is 0 Å². The van der Waals surface area contributed by atoms with E-state index in [1.807, 2.05) is 11.9 Å². The molecule has 1 aromatic carbocycles. The van der Waals surface area contributed by atoms with Crippen molar-refractivity contribution in [2.45, 2.75) is 25.3 Å². The fourth-order valence-electron chi connectivity index (χ4n) is 4.56. The standard InChI is InChI=1S/C20H24FN3O4/c1-24(14-7-11-5-6-22-10-13(11)8-14)19-17(20(25)26)18(28-23-19)12-3-4-15(21)16(9-12)27-2/h3-4,9,11,13-14,22H,5-8,10H2,1-2H3,(H,25,26)/t11-,13-,14+/m1/s1. The highest BCUT2D eigenvalue weighted by molar-refractivity contribution is 5.99. The highest BCUT2D eigenvalue weighted by Gasteiger charge is 2.39. The van der Waals surface area contributed by atoms with Crippen LogP contribution in [0.25, 0.3) is 11.3 Å². The number of hydrogen-bond donors (Lipinski definition) is 2. The van der Waals surface area contributed by atoms with Gasteiger partial charge in [-0.1, -0.05) is 5.16 Å². The summed E-state index contributed by atoms with van der Waals surface area (Å²) in [5, 5.41) is 17.3. The van der Waals surface area contributed by atoms with E-state index < -0.39 is 11.8 Å². The molecule has 7 nitrogen and oxygen atoms in total. The Morgan fingerprint density at radius 1 is 1.39 bits per heavy atom. The maximum Gasteiger partial charge on any atom is 0.343 e. The van der Waals surface area contributed by atoms with Gasteiger partial charge in [-0.05, 0) is 62.4 Å². The smallest absolute Gasteiger partial charge is 0.343 e. The number of hydrogen-bond acceptors (Lipinski definition) is 6. The number of ether oxygens (including phenoxy) is 1. The molecule has 8 heteroatoms. The van der Waals surface area contributed by atoms with Gasteiger partial charge in [-0.15, -0.1) is 0 Å². The third-order valence-electron chi connectivity index (χ3n) is 6.10. The van der Waals surface area contributed by atoms with Crippen molar-refractivity contribution in [1.82, 2.24) is 10.5 Å². The van der Waals surface area contributed by atoms with Gasteiger partial charge >= 0.3 is 5.97 Å². The van der Waals surface area contributed by atoms with Gasteiger partial charge in [0.15, 0.2) is 28.7 Å².